The van der Waals surface area contributed by atoms with Gasteiger partial charge in [0.2, 0.25) is 11.8 Å². The van der Waals surface area contributed by atoms with Gasteiger partial charge in [-0.1, -0.05) is 67.6 Å². The lowest BCUT2D eigenvalue weighted by atomic mass is 10.0. The smallest absolute Gasteiger partial charge is 0.249 e. The molecule has 7 heteroatoms. The third-order valence-electron chi connectivity index (χ3n) is 6.39. The van der Waals surface area contributed by atoms with Gasteiger partial charge in [0.25, 0.3) is 0 Å². The molecule has 1 N–H and O–H groups in total. The van der Waals surface area contributed by atoms with Crippen LogP contribution in [0.15, 0.2) is 72.8 Å². The average molecular weight is 484 g/mol. The highest BCUT2D eigenvalue weighted by atomic mass is 16.2. The summed E-state index contributed by atoms with van der Waals surface area (Å²) in [5.74, 6) is -0.00259. The van der Waals surface area contributed by atoms with Crippen LogP contribution >= 0.6 is 0 Å². The van der Waals surface area contributed by atoms with E-state index in [1.54, 1.807) is 9.58 Å². The number of hydrogen-bond donors (Lipinski definition) is 1. The number of aryl methyl sites for hydroxylation is 2. The van der Waals surface area contributed by atoms with Crippen LogP contribution in [0.1, 0.15) is 43.0 Å². The first-order chi connectivity index (χ1) is 17.3. The Labute approximate surface area is 212 Å². The summed E-state index contributed by atoms with van der Waals surface area (Å²) in [7, 11) is 0. The summed E-state index contributed by atoms with van der Waals surface area (Å²) in [6, 6.07) is 22.0. The van der Waals surface area contributed by atoms with Crippen molar-refractivity contribution in [1.82, 2.24) is 20.3 Å². The molecule has 1 aromatic heterocycles. The quantitative estimate of drug-likeness (QED) is 0.364. The zero-order chi connectivity index (χ0) is 25.7. The number of amides is 2. The Morgan fingerprint density at radius 1 is 0.944 bits per heavy atom. The molecule has 4 aromatic rings. The zero-order valence-electron chi connectivity index (χ0n) is 21.3. The van der Waals surface area contributed by atoms with E-state index in [1.807, 2.05) is 86.6 Å². The monoisotopic (exact) mass is 483 g/mol. The number of rotatable bonds is 9. The summed E-state index contributed by atoms with van der Waals surface area (Å²) in [5.41, 5.74) is 5.06. The van der Waals surface area contributed by atoms with Crippen LogP contribution in [-0.4, -0.2) is 33.4 Å². The minimum absolute atomic E-state index is 0.0456. The number of nitrogens with one attached hydrogen (secondary N) is 1. The summed E-state index contributed by atoms with van der Waals surface area (Å²) in [5, 5.41) is 11.5. The highest BCUT2D eigenvalue weighted by Crippen LogP contribution is 2.30. The number of hydrogen-bond acceptors (Lipinski definition) is 4. The molecule has 3 aromatic carbocycles. The van der Waals surface area contributed by atoms with Crippen LogP contribution in [0.4, 0.5) is 5.69 Å². The SMILES string of the molecule is Cc1ccc(N(C(=O)Cn2nnc3ccccc32)C(C(=O)NCCC(C)C)c2ccccc2)cc1C. The largest absolute Gasteiger partial charge is 0.354 e. The fourth-order valence-corrected chi connectivity index (χ4v) is 4.18. The van der Waals surface area contributed by atoms with Gasteiger partial charge in [-0.2, -0.15) is 0 Å². The van der Waals surface area contributed by atoms with Crippen molar-refractivity contribution in [3.05, 3.63) is 89.5 Å². The van der Waals surface area contributed by atoms with Gasteiger partial charge in [0.15, 0.2) is 0 Å². The minimum atomic E-state index is -0.831. The molecular weight excluding hydrogens is 450 g/mol. The fourth-order valence-electron chi connectivity index (χ4n) is 4.18. The Bertz CT molecular complexity index is 1350. The standard InChI is InChI=1S/C29H33N5O2/c1-20(2)16-17-30-29(36)28(23-10-6-5-7-11-23)34(24-15-14-21(3)22(4)18-24)27(35)19-33-26-13-9-8-12-25(26)31-32-33/h5-15,18,20,28H,16-17,19H2,1-4H3,(H,30,36). The third-order valence-corrected chi connectivity index (χ3v) is 6.39. The van der Waals surface area contributed by atoms with E-state index < -0.39 is 6.04 Å². The number of benzene rings is 3. The van der Waals surface area contributed by atoms with E-state index in [0.717, 1.165) is 28.6 Å². The molecule has 0 bridgehead atoms. The molecule has 36 heavy (non-hydrogen) atoms. The normalized spacial score (nSPS) is 12.0. The van der Waals surface area contributed by atoms with Crippen molar-refractivity contribution in [2.24, 2.45) is 5.92 Å². The Kier molecular flexibility index (Phi) is 7.78. The Morgan fingerprint density at radius 3 is 2.39 bits per heavy atom. The van der Waals surface area contributed by atoms with Crippen molar-refractivity contribution in [2.75, 3.05) is 11.4 Å². The molecule has 1 atom stereocenters. The third kappa shape index (κ3) is 5.62. The van der Waals surface area contributed by atoms with Crippen molar-refractivity contribution in [2.45, 2.75) is 46.7 Å². The maximum atomic E-state index is 14.0. The van der Waals surface area contributed by atoms with Gasteiger partial charge in [-0.25, -0.2) is 4.68 Å². The number of carbonyl (C=O) groups excluding carboxylic acids is 2. The molecule has 0 fully saturated rings. The lowest BCUT2D eigenvalue weighted by molar-refractivity contribution is -0.127. The molecular formula is C29H33N5O2. The van der Waals surface area contributed by atoms with Crippen LogP contribution in [0.3, 0.4) is 0 Å². The summed E-state index contributed by atoms with van der Waals surface area (Å²) in [4.78, 5) is 29.3. The molecule has 0 saturated heterocycles. The van der Waals surface area contributed by atoms with E-state index in [-0.39, 0.29) is 18.4 Å². The number of para-hydroxylation sites is 1. The Morgan fingerprint density at radius 2 is 1.67 bits per heavy atom. The second-order valence-corrected chi connectivity index (χ2v) is 9.55. The Balaban J connectivity index is 1.77. The number of fused-ring (bicyclic) bond motifs is 1. The van der Waals surface area contributed by atoms with Gasteiger partial charge < -0.3 is 5.32 Å². The summed E-state index contributed by atoms with van der Waals surface area (Å²) in [6.45, 7) is 8.77. The maximum Gasteiger partial charge on any atom is 0.249 e. The molecule has 7 nitrogen and oxygen atoms in total. The van der Waals surface area contributed by atoms with E-state index in [2.05, 4.69) is 29.5 Å². The number of aromatic nitrogens is 3. The van der Waals surface area contributed by atoms with Crippen molar-refractivity contribution in [3.63, 3.8) is 0 Å². The number of anilines is 1. The van der Waals surface area contributed by atoms with E-state index in [0.29, 0.717) is 23.7 Å². The molecule has 0 aliphatic rings. The van der Waals surface area contributed by atoms with Crippen molar-refractivity contribution < 1.29 is 9.59 Å². The van der Waals surface area contributed by atoms with Gasteiger partial charge in [-0.05, 0) is 67.1 Å². The highest BCUT2D eigenvalue weighted by molar-refractivity contribution is 6.01. The maximum absolute atomic E-state index is 14.0. The van der Waals surface area contributed by atoms with Crippen LogP contribution in [0.25, 0.3) is 11.0 Å². The predicted octanol–water partition coefficient (Wildman–Crippen LogP) is 4.98. The van der Waals surface area contributed by atoms with Gasteiger partial charge in [-0.15, -0.1) is 5.10 Å². The molecule has 1 heterocycles. The van der Waals surface area contributed by atoms with Gasteiger partial charge in [0.05, 0.1) is 5.52 Å². The van der Waals surface area contributed by atoms with Crippen LogP contribution in [0, 0.1) is 19.8 Å². The summed E-state index contributed by atoms with van der Waals surface area (Å²) < 4.78 is 1.59. The average Bonchev–Trinajstić information content (AvgIpc) is 3.27. The lowest BCUT2D eigenvalue weighted by Gasteiger charge is -2.32. The van der Waals surface area contributed by atoms with Gasteiger partial charge in [0, 0.05) is 12.2 Å². The van der Waals surface area contributed by atoms with E-state index in [1.165, 1.54) is 0 Å². The summed E-state index contributed by atoms with van der Waals surface area (Å²) in [6.07, 6.45) is 0.857. The molecule has 186 valence electrons. The molecule has 4 rings (SSSR count). The van der Waals surface area contributed by atoms with Gasteiger partial charge in [-0.3, -0.25) is 14.5 Å². The number of carbonyl (C=O) groups is 2. The topological polar surface area (TPSA) is 80.1 Å². The van der Waals surface area contributed by atoms with Crippen molar-refractivity contribution in [1.29, 1.82) is 0 Å². The van der Waals surface area contributed by atoms with Gasteiger partial charge in [0.1, 0.15) is 18.1 Å². The lowest BCUT2D eigenvalue weighted by Crippen LogP contribution is -2.45. The highest BCUT2D eigenvalue weighted by Gasteiger charge is 2.33. The second-order valence-electron chi connectivity index (χ2n) is 9.55. The van der Waals surface area contributed by atoms with Crippen LogP contribution < -0.4 is 10.2 Å². The second kappa shape index (κ2) is 11.2. The minimum Gasteiger partial charge on any atom is -0.354 e. The molecule has 2 amide bonds. The van der Waals surface area contributed by atoms with Crippen LogP contribution in [0.5, 0.6) is 0 Å². The molecule has 0 aliphatic heterocycles. The molecule has 0 saturated carbocycles. The molecule has 0 spiro atoms. The number of nitrogens with zero attached hydrogens (tertiary/aromatic N) is 4. The van der Waals surface area contributed by atoms with Crippen LogP contribution in [0.2, 0.25) is 0 Å². The van der Waals surface area contributed by atoms with Crippen molar-refractivity contribution in [3.8, 4) is 0 Å². The van der Waals surface area contributed by atoms with E-state index in [4.69, 9.17) is 0 Å². The Hall–Kier alpha value is -4.00. The predicted molar refractivity (Wildman–Crippen MR) is 143 cm³/mol. The fraction of sp³-hybridized carbons (Fsp3) is 0.310. The first-order valence-electron chi connectivity index (χ1n) is 12.4. The van der Waals surface area contributed by atoms with Crippen LogP contribution in [-0.2, 0) is 16.1 Å². The van der Waals surface area contributed by atoms with Gasteiger partial charge >= 0.3 is 0 Å². The first kappa shape index (κ1) is 25.1. The van der Waals surface area contributed by atoms with E-state index in [9.17, 15) is 9.59 Å². The van der Waals surface area contributed by atoms with Crippen molar-refractivity contribution >= 4 is 28.5 Å². The molecule has 0 aliphatic carbocycles. The molecule has 0 radical (unpaired) electrons. The van der Waals surface area contributed by atoms with E-state index >= 15 is 0 Å². The molecule has 1 unspecified atom stereocenters. The summed E-state index contributed by atoms with van der Waals surface area (Å²) >= 11 is 0. The first-order valence-corrected chi connectivity index (χ1v) is 12.4. The zero-order valence-corrected chi connectivity index (χ0v) is 21.3.